The van der Waals surface area contributed by atoms with Gasteiger partial charge in [0, 0.05) is 0 Å². The summed E-state index contributed by atoms with van der Waals surface area (Å²) in [7, 11) is 0. The predicted octanol–water partition coefficient (Wildman–Crippen LogP) is 3.94. The van der Waals surface area contributed by atoms with E-state index in [1.807, 2.05) is 13.0 Å². The molecule has 0 heterocycles. The molecule has 3 heteroatoms. The van der Waals surface area contributed by atoms with Crippen LogP contribution in [0.1, 0.15) is 33.9 Å². The molecule has 1 nitrogen and oxygen atoms in total. The molecule has 0 saturated carbocycles. The Kier molecular flexibility index (Phi) is 3.67. The van der Waals surface area contributed by atoms with Crippen molar-refractivity contribution < 1.29 is 8.78 Å². The molecule has 0 aliphatic heterocycles. The van der Waals surface area contributed by atoms with Crippen LogP contribution >= 0.6 is 0 Å². The fourth-order valence-electron chi connectivity index (χ4n) is 2.30. The van der Waals surface area contributed by atoms with E-state index in [1.54, 1.807) is 26.0 Å². The fourth-order valence-corrected chi connectivity index (χ4v) is 2.30. The lowest BCUT2D eigenvalue weighted by Gasteiger charge is -2.15. The molecule has 0 aromatic heterocycles. The van der Waals surface area contributed by atoms with E-state index in [1.165, 1.54) is 12.1 Å². The topological polar surface area (TPSA) is 26.0 Å². The van der Waals surface area contributed by atoms with Crippen molar-refractivity contribution in [2.24, 2.45) is 5.73 Å². The van der Waals surface area contributed by atoms with Crippen molar-refractivity contribution in [1.29, 1.82) is 0 Å². The van der Waals surface area contributed by atoms with Crippen LogP contribution < -0.4 is 5.73 Å². The molecular weight excluding hydrogens is 244 g/mol. The molecule has 1 atom stereocenters. The largest absolute Gasteiger partial charge is 0.320 e. The van der Waals surface area contributed by atoms with Gasteiger partial charge in [0.15, 0.2) is 0 Å². The van der Waals surface area contributed by atoms with E-state index in [9.17, 15) is 8.78 Å². The highest BCUT2D eigenvalue weighted by atomic mass is 19.1. The minimum atomic E-state index is -0.451. The Morgan fingerprint density at radius 2 is 1.37 bits per heavy atom. The maximum atomic E-state index is 13.6. The van der Waals surface area contributed by atoms with Crippen LogP contribution in [0, 0.1) is 32.4 Å². The molecule has 100 valence electrons. The summed E-state index contributed by atoms with van der Waals surface area (Å²) in [4.78, 5) is 0. The number of benzene rings is 2. The Morgan fingerprint density at radius 3 is 1.89 bits per heavy atom. The van der Waals surface area contributed by atoms with Crippen LogP contribution in [0.4, 0.5) is 8.78 Å². The second-order valence-electron chi connectivity index (χ2n) is 5.01. The summed E-state index contributed by atoms with van der Waals surface area (Å²) in [5.41, 5.74) is 9.57. The van der Waals surface area contributed by atoms with Crippen LogP contribution in [0.3, 0.4) is 0 Å². The van der Waals surface area contributed by atoms with Crippen molar-refractivity contribution in [1.82, 2.24) is 0 Å². The summed E-state index contributed by atoms with van der Waals surface area (Å²) < 4.78 is 27.0. The summed E-state index contributed by atoms with van der Waals surface area (Å²) in [5, 5.41) is 0. The number of hydrogen-bond donors (Lipinski definition) is 1. The first-order chi connectivity index (χ1) is 8.88. The molecule has 0 radical (unpaired) electrons. The van der Waals surface area contributed by atoms with Gasteiger partial charge in [-0.05, 0) is 60.7 Å². The van der Waals surface area contributed by atoms with Gasteiger partial charge in [-0.1, -0.05) is 18.2 Å². The third-order valence-electron chi connectivity index (χ3n) is 3.24. The number of nitrogens with two attached hydrogens (primary N) is 1. The second-order valence-corrected chi connectivity index (χ2v) is 5.01. The monoisotopic (exact) mass is 261 g/mol. The molecule has 0 spiro atoms. The van der Waals surface area contributed by atoms with Gasteiger partial charge in [-0.2, -0.15) is 0 Å². The Bertz CT molecular complexity index is 577. The van der Waals surface area contributed by atoms with E-state index < -0.39 is 6.04 Å². The van der Waals surface area contributed by atoms with E-state index in [4.69, 9.17) is 5.73 Å². The molecule has 0 saturated heterocycles. The normalized spacial score (nSPS) is 12.5. The summed E-state index contributed by atoms with van der Waals surface area (Å²) in [5.74, 6) is -0.521. The van der Waals surface area contributed by atoms with Gasteiger partial charge >= 0.3 is 0 Å². The van der Waals surface area contributed by atoms with Crippen LogP contribution in [0.5, 0.6) is 0 Å². The molecule has 0 aliphatic carbocycles. The zero-order valence-electron chi connectivity index (χ0n) is 11.3. The van der Waals surface area contributed by atoms with Crippen molar-refractivity contribution in [3.05, 3.63) is 69.8 Å². The van der Waals surface area contributed by atoms with E-state index in [2.05, 4.69) is 0 Å². The van der Waals surface area contributed by atoms with E-state index in [0.29, 0.717) is 16.7 Å². The Labute approximate surface area is 112 Å². The first kappa shape index (κ1) is 13.7. The van der Waals surface area contributed by atoms with Gasteiger partial charge in [-0.3, -0.25) is 0 Å². The van der Waals surface area contributed by atoms with Gasteiger partial charge in [0.05, 0.1) is 6.04 Å². The van der Waals surface area contributed by atoms with Gasteiger partial charge < -0.3 is 5.73 Å². The van der Waals surface area contributed by atoms with Gasteiger partial charge in [0.2, 0.25) is 0 Å². The molecule has 0 aliphatic rings. The highest BCUT2D eigenvalue weighted by molar-refractivity contribution is 5.38. The van der Waals surface area contributed by atoms with Crippen LogP contribution in [0.15, 0.2) is 30.3 Å². The van der Waals surface area contributed by atoms with Crippen LogP contribution in [-0.2, 0) is 0 Å². The lowest BCUT2D eigenvalue weighted by molar-refractivity contribution is 0.606. The van der Waals surface area contributed by atoms with Crippen molar-refractivity contribution in [3.8, 4) is 0 Å². The third kappa shape index (κ3) is 2.82. The molecule has 2 aromatic carbocycles. The first-order valence-electron chi connectivity index (χ1n) is 6.18. The van der Waals surface area contributed by atoms with Crippen LogP contribution in [-0.4, -0.2) is 0 Å². The number of halogens is 2. The summed E-state index contributed by atoms with van der Waals surface area (Å²) >= 11 is 0. The van der Waals surface area contributed by atoms with Crippen LogP contribution in [0.2, 0.25) is 0 Å². The molecule has 1 unspecified atom stereocenters. The summed E-state index contributed by atoms with van der Waals surface area (Å²) in [6, 6.07) is 7.71. The lowest BCUT2D eigenvalue weighted by atomic mass is 9.95. The highest BCUT2D eigenvalue weighted by Gasteiger charge is 2.13. The van der Waals surface area contributed by atoms with Crippen molar-refractivity contribution in [2.45, 2.75) is 26.8 Å². The molecule has 2 rings (SSSR count). The molecule has 2 N–H and O–H groups in total. The Morgan fingerprint density at radius 1 is 0.842 bits per heavy atom. The smallest absolute Gasteiger partial charge is 0.129 e. The van der Waals surface area contributed by atoms with Crippen LogP contribution in [0.25, 0.3) is 0 Å². The average molecular weight is 261 g/mol. The van der Waals surface area contributed by atoms with E-state index in [0.717, 1.165) is 11.1 Å². The lowest BCUT2D eigenvalue weighted by Crippen LogP contribution is -2.13. The highest BCUT2D eigenvalue weighted by Crippen LogP contribution is 2.25. The molecule has 0 fully saturated rings. The van der Waals surface area contributed by atoms with Gasteiger partial charge in [-0.15, -0.1) is 0 Å². The predicted molar refractivity (Wildman–Crippen MR) is 73.0 cm³/mol. The van der Waals surface area contributed by atoms with E-state index in [-0.39, 0.29) is 11.6 Å². The molecule has 2 aromatic rings. The van der Waals surface area contributed by atoms with E-state index >= 15 is 0 Å². The Balaban J connectivity index is 2.46. The molecule has 0 amide bonds. The van der Waals surface area contributed by atoms with Gasteiger partial charge in [0.25, 0.3) is 0 Å². The average Bonchev–Trinajstić information content (AvgIpc) is 2.33. The minimum absolute atomic E-state index is 0.216. The maximum Gasteiger partial charge on any atom is 0.129 e. The zero-order valence-corrected chi connectivity index (χ0v) is 11.3. The fraction of sp³-hybridized carbons (Fsp3) is 0.250. The van der Waals surface area contributed by atoms with Crippen molar-refractivity contribution in [2.75, 3.05) is 0 Å². The maximum absolute atomic E-state index is 13.6. The van der Waals surface area contributed by atoms with Crippen molar-refractivity contribution >= 4 is 0 Å². The third-order valence-corrected chi connectivity index (χ3v) is 3.24. The van der Waals surface area contributed by atoms with Gasteiger partial charge in [-0.25, -0.2) is 8.78 Å². The molecular formula is C16H17F2N. The number of rotatable bonds is 2. The first-order valence-corrected chi connectivity index (χ1v) is 6.18. The zero-order chi connectivity index (χ0) is 14.2. The SMILES string of the molecule is Cc1cc(F)cc(C(N)c2cc(C)c(F)c(C)c2)c1. The second kappa shape index (κ2) is 5.10. The number of aryl methyl sites for hydroxylation is 3. The molecule has 19 heavy (non-hydrogen) atoms. The Hall–Kier alpha value is -1.74. The standard InChI is InChI=1S/C16H17F2N/c1-9-4-12(8-14(17)5-9)16(19)13-6-10(2)15(18)11(3)7-13/h4-8,16H,19H2,1-3H3. The summed E-state index contributed by atoms with van der Waals surface area (Å²) in [6.07, 6.45) is 0. The molecule has 0 bridgehead atoms. The summed E-state index contributed by atoms with van der Waals surface area (Å²) in [6.45, 7) is 5.23. The quantitative estimate of drug-likeness (QED) is 0.870. The van der Waals surface area contributed by atoms with Gasteiger partial charge in [0.1, 0.15) is 11.6 Å². The van der Waals surface area contributed by atoms with Crippen molar-refractivity contribution in [3.63, 3.8) is 0 Å². The minimum Gasteiger partial charge on any atom is -0.320 e. The number of hydrogen-bond acceptors (Lipinski definition) is 1.